The first-order valence-corrected chi connectivity index (χ1v) is 10.1. The maximum Gasteiger partial charge on any atom is 0.329 e. The van der Waals surface area contributed by atoms with Crippen molar-refractivity contribution in [1.29, 1.82) is 0 Å². The van der Waals surface area contributed by atoms with Gasteiger partial charge in [0.15, 0.2) is 0 Å². The Bertz CT molecular complexity index is 1070. The van der Waals surface area contributed by atoms with Crippen molar-refractivity contribution in [3.63, 3.8) is 0 Å². The highest BCUT2D eigenvalue weighted by atomic mass is 16.5. The number of aryl methyl sites for hydroxylation is 1. The number of benzene rings is 2. The van der Waals surface area contributed by atoms with Gasteiger partial charge in [-0.3, -0.25) is 24.2 Å². The van der Waals surface area contributed by atoms with E-state index in [-0.39, 0.29) is 6.61 Å². The van der Waals surface area contributed by atoms with Gasteiger partial charge in [0.05, 0.1) is 23.4 Å². The van der Waals surface area contributed by atoms with Gasteiger partial charge in [-0.2, -0.15) is 0 Å². The molecule has 3 amide bonds. The summed E-state index contributed by atoms with van der Waals surface area (Å²) in [7, 11) is 0. The molecule has 5 rings (SSSR count). The molecule has 7 heteroatoms. The van der Waals surface area contributed by atoms with Crippen LogP contribution in [-0.2, 0) is 27.2 Å². The van der Waals surface area contributed by atoms with Gasteiger partial charge in [-0.1, -0.05) is 30.3 Å². The summed E-state index contributed by atoms with van der Waals surface area (Å²) in [5, 5.41) is 0. The predicted octanol–water partition coefficient (Wildman–Crippen LogP) is 2.12. The molecule has 3 aliphatic heterocycles. The number of anilines is 1. The SMILES string of the molecule is CCOC(=O)[C@@H]1Cc2cccc3c2N1C(=O)[C@@H](N1C(=O)c2ccccc2C1=O)CC3. The second kappa shape index (κ2) is 6.79. The van der Waals surface area contributed by atoms with Gasteiger partial charge in [0.25, 0.3) is 17.7 Å². The number of para-hydroxylation sites is 1. The Kier molecular flexibility index (Phi) is 4.20. The van der Waals surface area contributed by atoms with E-state index in [0.29, 0.717) is 30.4 Å². The molecule has 2 aromatic carbocycles. The molecule has 0 unspecified atom stereocenters. The number of hydrogen-bond acceptors (Lipinski definition) is 5. The lowest BCUT2D eigenvalue weighted by molar-refractivity contribution is -0.145. The van der Waals surface area contributed by atoms with Crippen molar-refractivity contribution in [2.75, 3.05) is 11.5 Å². The molecule has 0 N–H and O–H groups in total. The maximum atomic E-state index is 13.7. The molecule has 2 aromatic rings. The lowest BCUT2D eigenvalue weighted by Crippen LogP contribution is -2.54. The topological polar surface area (TPSA) is 84.0 Å². The minimum absolute atomic E-state index is 0.211. The second-order valence-electron chi connectivity index (χ2n) is 7.69. The van der Waals surface area contributed by atoms with Gasteiger partial charge in [0.2, 0.25) is 0 Å². The average molecular weight is 404 g/mol. The third kappa shape index (κ3) is 2.51. The van der Waals surface area contributed by atoms with E-state index in [9.17, 15) is 19.2 Å². The largest absolute Gasteiger partial charge is 0.464 e. The fourth-order valence-corrected chi connectivity index (χ4v) is 4.77. The van der Waals surface area contributed by atoms with Crippen LogP contribution in [0, 0.1) is 0 Å². The van der Waals surface area contributed by atoms with Crippen molar-refractivity contribution < 1.29 is 23.9 Å². The van der Waals surface area contributed by atoms with Crippen molar-refractivity contribution in [3.05, 3.63) is 64.7 Å². The summed E-state index contributed by atoms with van der Waals surface area (Å²) in [4.78, 5) is 54.9. The molecule has 0 saturated heterocycles. The highest BCUT2D eigenvalue weighted by Crippen LogP contribution is 2.41. The zero-order valence-electron chi connectivity index (χ0n) is 16.5. The molecule has 0 radical (unpaired) electrons. The van der Waals surface area contributed by atoms with Crippen molar-refractivity contribution in [1.82, 2.24) is 4.90 Å². The summed E-state index contributed by atoms with van der Waals surface area (Å²) in [6.45, 7) is 1.93. The van der Waals surface area contributed by atoms with Crippen molar-refractivity contribution in [3.8, 4) is 0 Å². The molecule has 0 bridgehead atoms. The molecule has 30 heavy (non-hydrogen) atoms. The van der Waals surface area contributed by atoms with Crippen LogP contribution in [0.4, 0.5) is 5.69 Å². The van der Waals surface area contributed by atoms with Gasteiger partial charge in [0, 0.05) is 6.42 Å². The first kappa shape index (κ1) is 18.5. The van der Waals surface area contributed by atoms with Crippen LogP contribution in [0.1, 0.15) is 45.2 Å². The van der Waals surface area contributed by atoms with Crippen molar-refractivity contribution >= 4 is 29.4 Å². The summed E-state index contributed by atoms with van der Waals surface area (Å²) in [6, 6.07) is 10.6. The number of carbonyl (C=O) groups is 4. The summed E-state index contributed by atoms with van der Waals surface area (Å²) in [6.07, 6.45) is 1.20. The number of esters is 1. The van der Waals surface area contributed by atoms with Gasteiger partial charge in [-0.25, -0.2) is 4.79 Å². The Morgan fingerprint density at radius 2 is 1.63 bits per heavy atom. The zero-order chi connectivity index (χ0) is 21.0. The average Bonchev–Trinajstić information content (AvgIpc) is 3.21. The highest BCUT2D eigenvalue weighted by molar-refractivity contribution is 6.23. The van der Waals surface area contributed by atoms with E-state index < -0.39 is 35.8 Å². The zero-order valence-corrected chi connectivity index (χ0v) is 16.5. The van der Waals surface area contributed by atoms with Crippen LogP contribution in [0.15, 0.2) is 42.5 Å². The fraction of sp³-hybridized carbons (Fsp3) is 0.304. The Morgan fingerprint density at radius 1 is 0.967 bits per heavy atom. The van der Waals surface area contributed by atoms with Crippen LogP contribution < -0.4 is 4.90 Å². The molecular formula is C23H20N2O5. The van der Waals surface area contributed by atoms with Crippen LogP contribution in [0.3, 0.4) is 0 Å². The minimum atomic E-state index is -0.965. The summed E-state index contributed by atoms with van der Waals surface area (Å²) < 4.78 is 5.22. The Morgan fingerprint density at radius 3 is 2.30 bits per heavy atom. The Hall–Kier alpha value is -3.48. The molecule has 152 valence electrons. The van der Waals surface area contributed by atoms with Crippen LogP contribution in [0.2, 0.25) is 0 Å². The molecule has 0 saturated carbocycles. The Labute approximate surface area is 173 Å². The molecule has 3 aliphatic rings. The number of imide groups is 1. The fourth-order valence-electron chi connectivity index (χ4n) is 4.77. The highest BCUT2D eigenvalue weighted by Gasteiger charge is 2.49. The van der Waals surface area contributed by atoms with Gasteiger partial charge in [-0.05, 0) is 43.0 Å². The normalized spacial score (nSPS) is 22.1. The number of ether oxygens (including phenoxy) is 1. The number of fused-ring (bicyclic) bond motifs is 1. The van der Waals surface area contributed by atoms with E-state index in [0.717, 1.165) is 21.7 Å². The molecule has 0 aromatic heterocycles. The third-order valence-corrected chi connectivity index (χ3v) is 6.07. The summed E-state index contributed by atoms with van der Waals surface area (Å²) in [5.41, 5.74) is 3.18. The number of amides is 3. The monoisotopic (exact) mass is 404 g/mol. The summed E-state index contributed by atoms with van der Waals surface area (Å²) >= 11 is 0. The number of hydrogen-bond donors (Lipinski definition) is 0. The maximum absolute atomic E-state index is 13.7. The molecule has 3 heterocycles. The lowest BCUT2D eigenvalue weighted by atomic mass is 10.0. The Balaban J connectivity index is 1.57. The number of rotatable bonds is 3. The molecule has 0 spiro atoms. The number of nitrogens with zero attached hydrogens (tertiary/aromatic N) is 2. The van der Waals surface area contributed by atoms with Gasteiger partial charge in [0.1, 0.15) is 12.1 Å². The molecule has 0 aliphatic carbocycles. The van der Waals surface area contributed by atoms with E-state index in [2.05, 4.69) is 0 Å². The molecule has 2 atom stereocenters. The first-order chi connectivity index (χ1) is 14.5. The van der Waals surface area contributed by atoms with Crippen LogP contribution in [0.25, 0.3) is 0 Å². The van der Waals surface area contributed by atoms with Gasteiger partial charge < -0.3 is 4.74 Å². The smallest absolute Gasteiger partial charge is 0.329 e. The third-order valence-electron chi connectivity index (χ3n) is 6.07. The van der Waals surface area contributed by atoms with Crippen LogP contribution >= 0.6 is 0 Å². The van der Waals surface area contributed by atoms with Gasteiger partial charge in [-0.15, -0.1) is 0 Å². The lowest BCUT2D eigenvalue weighted by Gasteiger charge is -2.30. The van der Waals surface area contributed by atoms with E-state index in [1.807, 2.05) is 18.2 Å². The molecule has 0 fully saturated rings. The standard InChI is InChI=1S/C23H20N2O5/c1-2-30-23(29)18-12-14-7-5-6-13-10-11-17(22(28)24(18)19(13)14)25-20(26)15-8-3-4-9-16(15)21(25)27/h3-9,17-18H,2,10-12H2,1H3/t17-,18-/m0/s1. The van der Waals surface area contributed by atoms with E-state index in [4.69, 9.17) is 4.74 Å². The molecular weight excluding hydrogens is 384 g/mol. The first-order valence-electron chi connectivity index (χ1n) is 10.1. The second-order valence-corrected chi connectivity index (χ2v) is 7.69. The van der Waals surface area contributed by atoms with E-state index in [1.54, 1.807) is 31.2 Å². The van der Waals surface area contributed by atoms with Crippen LogP contribution in [-0.4, -0.2) is 47.3 Å². The summed E-state index contributed by atoms with van der Waals surface area (Å²) in [5.74, 6) is -1.82. The van der Waals surface area contributed by atoms with Gasteiger partial charge >= 0.3 is 5.97 Å². The molecule has 7 nitrogen and oxygen atoms in total. The number of carbonyl (C=O) groups excluding carboxylic acids is 4. The minimum Gasteiger partial charge on any atom is -0.464 e. The predicted molar refractivity (Wildman–Crippen MR) is 107 cm³/mol. The van der Waals surface area contributed by atoms with Crippen LogP contribution in [0.5, 0.6) is 0 Å². The quantitative estimate of drug-likeness (QED) is 0.578. The van der Waals surface area contributed by atoms with Crippen molar-refractivity contribution in [2.45, 2.75) is 38.3 Å². The van der Waals surface area contributed by atoms with E-state index in [1.165, 1.54) is 4.90 Å². The van der Waals surface area contributed by atoms with E-state index >= 15 is 0 Å². The van der Waals surface area contributed by atoms with Crippen molar-refractivity contribution in [2.24, 2.45) is 0 Å².